The van der Waals surface area contributed by atoms with Gasteiger partial charge in [-0.25, -0.2) is 0 Å². The minimum absolute atomic E-state index is 0.00363. The fourth-order valence-electron chi connectivity index (χ4n) is 3.92. The molecule has 0 unspecified atom stereocenters. The fraction of sp³-hybridized carbons (Fsp3) is 0.867. The Morgan fingerprint density at radius 2 is 1.89 bits per heavy atom. The number of aliphatic hydroxyl groups excluding tert-OH is 2. The Labute approximate surface area is 110 Å². The highest BCUT2D eigenvalue weighted by atomic mass is 16.3. The molecule has 5 atom stereocenters. The molecule has 0 spiro atoms. The van der Waals surface area contributed by atoms with Crippen LogP contribution in [0.3, 0.4) is 0 Å². The first-order chi connectivity index (χ1) is 8.23. The molecule has 3 heteroatoms. The van der Waals surface area contributed by atoms with E-state index in [4.69, 9.17) is 0 Å². The maximum absolute atomic E-state index is 10.7. The lowest BCUT2D eigenvalue weighted by molar-refractivity contribution is -0.200. The Bertz CT molecular complexity index is 352. The van der Waals surface area contributed by atoms with Gasteiger partial charge in [-0.3, -0.25) is 0 Å². The van der Waals surface area contributed by atoms with Crippen LogP contribution in [-0.2, 0) is 0 Å². The van der Waals surface area contributed by atoms with Crippen molar-refractivity contribution < 1.29 is 15.3 Å². The zero-order valence-electron chi connectivity index (χ0n) is 11.7. The third-order valence-corrected chi connectivity index (χ3v) is 5.54. The average Bonchev–Trinajstić information content (AvgIpc) is 2.30. The van der Waals surface area contributed by atoms with Gasteiger partial charge in [0.25, 0.3) is 0 Å². The van der Waals surface area contributed by atoms with E-state index in [2.05, 4.69) is 6.58 Å². The average molecular weight is 254 g/mol. The molecule has 3 nitrogen and oxygen atoms in total. The van der Waals surface area contributed by atoms with Crippen molar-refractivity contribution in [2.45, 2.75) is 64.3 Å². The van der Waals surface area contributed by atoms with Crippen molar-refractivity contribution >= 4 is 0 Å². The smallest absolute Gasteiger partial charge is 0.0934 e. The van der Waals surface area contributed by atoms with E-state index in [0.29, 0.717) is 6.42 Å². The van der Waals surface area contributed by atoms with Gasteiger partial charge in [-0.05, 0) is 31.6 Å². The first-order valence-electron chi connectivity index (χ1n) is 6.99. The van der Waals surface area contributed by atoms with Gasteiger partial charge in [-0.15, -0.1) is 0 Å². The summed E-state index contributed by atoms with van der Waals surface area (Å²) in [6.07, 6.45) is 1.52. The Morgan fingerprint density at radius 3 is 2.44 bits per heavy atom. The normalized spacial score (nSPS) is 49.3. The molecule has 0 amide bonds. The van der Waals surface area contributed by atoms with Gasteiger partial charge >= 0.3 is 0 Å². The largest absolute Gasteiger partial charge is 0.393 e. The van der Waals surface area contributed by atoms with Crippen LogP contribution in [0.15, 0.2) is 12.2 Å². The van der Waals surface area contributed by atoms with E-state index < -0.39 is 17.8 Å². The van der Waals surface area contributed by atoms with Gasteiger partial charge < -0.3 is 15.3 Å². The molecular weight excluding hydrogens is 228 g/mol. The van der Waals surface area contributed by atoms with Gasteiger partial charge in [0, 0.05) is 11.3 Å². The van der Waals surface area contributed by atoms with Gasteiger partial charge in [0.15, 0.2) is 0 Å². The molecule has 0 radical (unpaired) electrons. The highest BCUT2D eigenvalue weighted by Gasteiger charge is 2.58. The zero-order valence-corrected chi connectivity index (χ0v) is 11.7. The van der Waals surface area contributed by atoms with Crippen molar-refractivity contribution in [1.82, 2.24) is 0 Å². The minimum Gasteiger partial charge on any atom is -0.393 e. The first kappa shape index (κ1) is 14.0. The van der Waals surface area contributed by atoms with Crippen molar-refractivity contribution in [3.05, 3.63) is 12.2 Å². The van der Waals surface area contributed by atoms with E-state index in [1.54, 1.807) is 0 Å². The lowest BCUT2D eigenvalue weighted by atomic mass is 9.52. The maximum Gasteiger partial charge on any atom is 0.0934 e. The van der Waals surface area contributed by atoms with Crippen LogP contribution < -0.4 is 0 Å². The van der Waals surface area contributed by atoms with E-state index in [0.717, 1.165) is 24.8 Å². The second-order valence-electron chi connectivity index (χ2n) is 6.79. The molecule has 18 heavy (non-hydrogen) atoms. The van der Waals surface area contributed by atoms with Crippen LogP contribution in [0.1, 0.15) is 46.5 Å². The van der Waals surface area contributed by atoms with Gasteiger partial charge in [0.2, 0.25) is 0 Å². The second kappa shape index (κ2) is 4.32. The Morgan fingerprint density at radius 1 is 1.28 bits per heavy atom. The summed E-state index contributed by atoms with van der Waals surface area (Å²) in [4.78, 5) is 0. The molecule has 0 saturated heterocycles. The van der Waals surface area contributed by atoms with Crippen molar-refractivity contribution in [3.63, 3.8) is 0 Å². The highest BCUT2D eigenvalue weighted by molar-refractivity contribution is 5.20. The van der Waals surface area contributed by atoms with Crippen molar-refractivity contribution in [2.75, 3.05) is 0 Å². The lowest BCUT2D eigenvalue weighted by Gasteiger charge is -2.57. The van der Waals surface area contributed by atoms with Gasteiger partial charge in [-0.1, -0.05) is 32.9 Å². The number of rotatable bonds is 1. The van der Waals surface area contributed by atoms with Crippen LogP contribution in [0.4, 0.5) is 0 Å². The fourth-order valence-corrected chi connectivity index (χ4v) is 3.92. The second-order valence-corrected chi connectivity index (χ2v) is 6.79. The molecule has 0 aromatic carbocycles. The summed E-state index contributed by atoms with van der Waals surface area (Å²) in [6.45, 7) is 9.97. The summed E-state index contributed by atoms with van der Waals surface area (Å²) < 4.78 is 0. The van der Waals surface area contributed by atoms with Gasteiger partial charge in [-0.2, -0.15) is 0 Å². The molecule has 3 N–H and O–H groups in total. The molecule has 0 aromatic rings. The predicted octanol–water partition coefficient (Wildman–Crippen LogP) is 1.86. The van der Waals surface area contributed by atoms with Crippen molar-refractivity contribution in [1.29, 1.82) is 0 Å². The molecular formula is C15H26O3. The molecule has 0 aromatic heterocycles. The summed E-state index contributed by atoms with van der Waals surface area (Å²) in [5.41, 5.74) is -0.408. The van der Waals surface area contributed by atoms with E-state index in [-0.39, 0.29) is 17.3 Å². The van der Waals surface area contributed by atoms with Crippen LogP contribution in [0.5, 0.6) is 0 Å². The summed E-state index contributed by atoms with van der Waals surface area (Å²) in [6, 6.07) is 0. The molecule has 0 aliphatic heterocycles. The molecule has 0 bridgehead atoms. The van der Waals surface area contributed by atoms with Crippen LogP contribution in [0.2, 0.25) is 0 Å². The predicted molar refractivity (Wildman–Crippen MR) is 71.0 cm³/mol. The molecule has 2 rings (SSSR count). The van der Waals surface area contributed by atoms with Crippen LogP contribution in [0, 0.1) is 17.3 Å². The van der Waals surface area contributed by atoms with E-state index >= 15 is 0 Å². The number of hydrogen-bond acceptors (Lipinski definition) is 3. The quantitative estimate of drug-likeness (QED) is 0.626. The third kappa shape index (κ3) is 1.75. The Hall–Kier alpha value is -0.380. The number of fused-ring (bicyclic) bond motifs is 1. The molecule has 2 fully saturated rings. The van der Waals surface area contributed by atoms with Crippen LogP contribution in [-0.4, -0.2) is 33.1 Å². The number of hydrogen-bond donors (Lipinski definition) is 3. The molecule has 2 saturated carbocycles. The standard InChI is InChI=1S/C15H26O3/c1-9(2)15(18)8-7-14(4)11(16)6-5-10(3)12(14)13(15)17/h9,11-13,16-18H,3,5-8H2,1-2,4H3/t11-,12-,13-,14+,15-/m1/s1. The molecule has 0 heterocycles. The first-order valence-corrected chi connectivity index (χ1v) is 6.99. The SMILES string of the molecule is C=C1CC[C@@H](O)[C@]2(C)CC[C@@](O)(C(C)C)[C@H](O)[C@@H]12. The highest BCUT2D eigenvalue weighted by Crippen LogP contribution is 2.55. The monoisotopic (exact) mass is 254 g/mol. The maximum atomic E-state index is 10.7. The zero-order chi connectivity index (χ0) is 13.7. The van der Waals surface area contributed by atoms with E-state index in [1.165, 1.54) is 0 Å². The number of aliphatic hydroxyl groups is 3. The summed E-state index contributed by atoms with van der Waals surface area (Å²) in [5.74, 6) is -0.189. The third-order valence-electron chi connectivity index (χ3n) is 5.54. The van der Waals surface area contributed by atoms with E-state index in [9.17, 15) is 15.3 Å². The lowest BCUT2D eigenvalue weighted by Crippen LogP contribution is -2.62. The molecule has 2 aliphatic carbocycles. The topological polar surface area (TPSA) is 60.7 Å². The molecule has 2 aliphatic rings. The van der Waals surface area contributed by atoms with E-state index in [1.807, 2.05) is 20.8 Å². The summed E-state index contributed by atoms with van der Waals surface area (Å²) >= 11 is 0. The minimum atomic E-state index is -1.05. The van der Waals surface area contributed by atoms with Crippen LogP contribution >= 0.6 is 0 Å². The van der Waals surface area contributed by atoms with Crippen LogP contribution in [0.25, 0.3) is 0 Å². The van der Waals surface area contributed by atoms with Crippen molar-refractivity contribution in [2.24, 2.45) is 17.3 Å². The van der Waals surface area contributed by atoms with Crippen molar-refractivity contribution in [3.8, 4) is 0 Å². The summed E-state index contributed by atoms with van der Waals surface area (Å²) in [7, 11) is 0. The molecule has 104 valence electrons. The Balaban J connectivity index is 2.38. The van der Waals surface area contributed by atoms with Gasteiger partial charge in [0.05, 0.1) is 17.8 Å². The summed E-state index contributed by atoms with van der Waals surface area (Å²) in [5, 5.41) is 31.6. The van der Waals surface area contributed by atoms with Gasteiger partial charge in [0.1, 0.15) is 0 Å². The Kier molecular flexibility index (Phi) is 3.37.